The van der Waals surface area contributed by atoms with Gasteiger partial charge < -0.3 is 9.80 Å². The van der Waals surface area contributed by atoms with Crippen molar-refractivity contribution in [2.45, 2.75) is 6.04 Å². The van der Waals surface area contributed by atoms with E-state index in [9.17, 15) is 9.59 Å². The third-order valence-corrected chi connectivity index (χ3v) is 6.77. The summed E-state index contributed by atoms with van der Waals surface area (Å²) in [6, 6.07) is 7.67. The van der Waals surface area contributed by atoms with Crippen molar-refractivity contribution in [3.63, 3.8) is 0 Å². The summed E-state index contributed by atoms with van der Waals surface area (Å²) >= 11 is 7.44. The first kappa shape index (κ1) is 19.4. The summed E-state index contributed by atoms with van der Waals surface area (Å²) in [7, 11) is 0. The molecule has 5 rings (SSSR count). The number of fused-ring (bicyclic) bond motifs is 1. The fourth-order valence-electron chi connectivity index (χ4n) is 4.01. The van der Waals surface area contributed by atoms with E-state index in [4.69, 9.17) is 11.6 Å². The second kappa shape index (κ2) is 7.94. The number of carbonyl (C=O) groups excluding carboxylic acids is 2. The van der Waals surface area contributed by atoms with E-state index in [2.05, 4.69) is 14.9 Å². The maximum absolute atomic E-state index is 12.8. The summed E-state index contributed by atoms with van der Waals surface area (Å²) in [4.78, 5) is 39.8. The number of amides is 2. The molecular weight excluding hydrogens is 422 g/mol. The van der Waals surface area contributed by atoms with Crippen LogP contribution in [0.15, 0.2) is 42.0 Å². The average molecular weight is 442 g/mol. The van der Waals surface area contributed by atoms with Crippen molar-refractivity contribution in [3.05, 3.63) is 57.6 Å². The maximum atomic E-state index is 12.8. The van der Waals surface area contributed by atoms with Crippen LogP contribution in [0.2, 0.25) is 5.02 Å². The predicted molar refractivity (Wildman–Crippen MR) is 116 cm³/mol. The quantitative estimate of drug-likeness (QED) is 0.625. The molecule has 154 valence electrons. The second-order valence-corrected chi connectivity index (χ2v) is 8.92. The molecule has 0 saturated carbocycles. The van der Waals surface area contributed by atoms with Crippen molar-refractivity contribution < 1.29 is 9.59 Å². The molecule has 9 heteroatoms. The molecule has 30 heavy (non-hydrogen) atoms. The summed E-state index contributed by atoms with van der Waals surface area (Å²) in [5.74, 6) is 0.0113. The smallest absolute Gasteiger partial charge is 0.282 e. The van der Waals surface area contributed by atoms with Crippen LogP contribution < -0.4 is 0 Å². The van der Waals surface area contributed by atoms with Gasteiger partial charge in [0.25, 0.3) is 11.8 Å². The van der Waals surface area contributed by atoms with Crippen LogP contribution in [0.1, 0.15) is 20.2 Å². The number of likely N-dealkylation sites (tertiary alicyclic amines) is 1. The molecule has 2 aromatic heterocycles. The van der Waals surface area contributed by atoms with Crippen LogP contribution in [0.3, 0.4) is 0 Å². The van der Waals surface area contributed by atoms with Crippen LogP contribution in [0.4, 0.5) is 0 Å². The third-order valence-electron chi connectivity index (χ3n) is 5.77. The number of piperazine rings is 1. The molecule has 7 nitrogen and oxygen atoms in total. The molecule has 0 spiro atoms. The third kappa shape index (κ3) is 3.66. The van der Waals surface area contributed by atoms with Gasteiger partial charge in [0.1, 0.15) is 0 Å². The normalized spacial score (nSPS) is 17.9. The van der Waals surface area contributed by atoms with Gasteiger partial charge in [-0.3, -0.25) is 19.5 Å². The topological polar surface area (TPSA) is 69.6 Å². The van der Waals surface area contributed by atoms with Gasteiger partial charge in [-0.15, -0.1) is 11.3 Å². The van der Waals surface area contributed by atoms with Crippen LogP contribution in [0.5, 0.6) is 0 Å². The zero-order valence-corrected chi connectivity index (χ0v) is 17.8. The number of rotatable bonds is 3. The van der Waals surface area contributed by atoms with Gasteiger partial charge in [0, 0.05) is 73.5 Å². The Kier molecular flexibility index (Phi) is 5.14. The van der Waals surface area contributed by atoms with Gasteiger partial charge in [0.2, 0.25) is 0 Å². The zero-order chi connectivity index (χ0) is 20.7. The molecule has 4 heterocycles. The van der Waals surface area contributed by atoms with Gasteiger partial charge in [-0.1, -0.05) is 11.6 Å². The van der Waals surface area contributed by atoms with Crippen LogP contribution >= 0.6 is 22.9 Å². The summed E-state index contributed by atoms with van der Waals surface area (Å²) < 4.78 is 0. The molecule has 3 aromatic rings. The molecule has 0 radical (unpaired) electrons. The van der Waals surface area contributed by atoms with Crippen molar-refractivity contribution in [1.82, 2.24) is 24.7 Å². The van der Waals surface area contributed by atoms with Crippen LogP contribution in [0.25, 0.3) is 10.9 Å². The van der Waals surface area contributed by atoms with E-state index in [1.165, 1.54) is 11.3 Å². The van der Waals surface area contributed by atoms with Gasteiger partial charge in [-0.2, -0.15) is 0 Å². The molecule has 1 aromatic carbocycles. The summed E-state index contributed by atoms with van der Waals surface area (Å²) in [5, 5.41) is 3.87. The Bertz CT molecular complexity index is 1090. The number of aromatic nitrogens is 2. The Morgan fingerprint density at radius 3 is 2.53 bits per heavy atom. The number of nitrogens with zero attached hydrogens (tertiary/aromatic N) is 5. The number of benzene rings is 1. The molecule has 0 atom stereocenters. The summed E-state index contributed by atoms with van der Waals surface area (Å²) in [5.41, 5.74) is 1.41. The molecule has 2 saturated heterocycles. The first-order valence-corrected chi connectivity index (χ1v) is 11.1. The van der Waals surface area contributed by atoms with Gasteiger partial charge in [0.05, 0.1) is 11.1 Å². The molecule has 0 bridgehead atoms. The van der Waals surface area contributed by atoms with Crippen molar-refractivity contribution in [1.29, 1.82) is 0 Å². The van der Waals surface area contributed by atoms with Crippen LogP contribution in [-0.4, -0.2) is 81.8 Å². The minimum atomic E-state index is -0.00166. The number of hydrogen-bond acceptors (Lipinski definition) is 6. The van der Waals surface area contributed by atoms with E-state index >= 15 is 0 Å². The standard InChI is InChI=1S/C21H20ClN5O2S/c22-16-1-2-18-14(10-16)9-15(11-24-18)20(28)27-12-17(13-27)25-4-6-26(7-5-25)21(29)19-23-3-8-30-19/h1-3,8-11,17H,4-7,12-13H2. The van der Waals surface area contributed by atoms with Gasteiger partial charge in [-0.25, -0.2) is 4.98 Å². The predicted octanol–water partition coefficient (Wildman–Crippen LogP) is 2.63. The first-order valence-electron chi connectivity index (χ1n) is 9.86. The number of hydrogen-bond donors (Lipinski definition) is 0. The molecule has 2 aliphatic heterocycles. The van der Waals surface area contributed by atoms with Crippen LogP contribution in [0, 0.1) is 0 Å². The number of halogens is 1. The van der Waals surface area contributed by atoms with E-state index in [0.29, 0.717) is 47.8 Å². The molecule has 2 fully saturated rings. The molecule has 0 unspecified atom stereocenters. The molecular formula is C21H20ClN5O2S. The van der Waals surface area contributed by atoms with Gasteiger partial charge >= 0.3 is 0 Å². The summed E-state index contributed by atoms with van der Waals surface area (Å²) in [6.45, 7) is 4.43. The minimum absolute atomic E-state index is 0.00166. The van der Waals surface area contributed by atoms with Crippen LogP contribution in [-0.2, 0) is 0 Å². The molecule has 0 aliphatic carbocycles. The lowest BCUT2D eigenvalue weighted by atomic mass is 10.0. The summed E-state index contributed by atoms with van der Waals surface area (Å²) in [6.07, 6.45) is 3.29. The monoisotopic (exact) mass is 441 g/mol. The Hall–Kier alpha value is -2.55. The molecule has 0 N–H and O–H groups in total. The first-order chi connectivity index (χ1) is 14.6. The lowest BCUT2D eigenvalue weighted by Crippen LogP contribution is -2.64. The van der Waals surface area contributed by atoms with Gasteiger partial charge in [0.15, 0.2) is 5.01 Å². The number of carbonyl (C=O) groups is 2. The van der Waals surface area contributed by atoms with Crippen molar-refractivity contribution in [2.24, 2.45) is 0 Å². The number of pyridine rings is 1. The number of thiazole rings is 1. The SMILES string of the molecule is O=C(c1cnc2ccc(Cl)cc2c1)N1CC(N2CCN(C(=O)c3nccs3)CC2)C1. The molecule has 2 aliphatic rings. The fraction of sp³-hybridized carbons (Fsp3) is 0.333. The highest BCUT2D eigenvalue weighted by molar-refractivity contribution is 7.11. The van der Waals surface area contributed by atoms with E-state index in [1.54, 1.807) is 18.5 Å². The van der Waals surface area contributed by atoms with Crippen molar-refractivity contribution in [3.8, 4) is 0 Å². The van der Waals surface area contributed by atoms with Crippen molar-refractivity contribution in [2.75, 3.05) is 39.3 Å². The lowest BCUT2D eigenvalue weighted by Gasteiger charge is -2.48. The maximum Gasteiger partial charge on any atom is 0.282 e. The largest absolute Gasteiger partial charge is 0.335 e. The molecule has 2 amide bonds. The van der Waals surface area contributed by atoms with Crippen molar-refractivity contribution >= 4 is 45.7 Å². The highest BCUT2D eigenvalue weighted by Crippen LogP contribution is 2.23. The Morgan fingerprint density at radius 1 is 1.00 bits per heavy atom. The van der Waals surface area contributed by atoms with E-state index < -0.39 is 0 Å². The van der Waals surface area contributed by atoms with E-state index in [0.717, 1.165) is 24.0 Å². The highest BCUT2D eigenvalue weighted by Gasteiger charge is 2.37. The highest BCUT2D eigenvalue weighted by atomic mass is 35.5. The van der Waals surface area contributed by atoms with Gasteiger partial charge in [-0.05, 0) is 24.3 Å². The van der Waals surface area contributed by atoms with E-state index in [1.807, 2.05) is 33.4 Å². The lowest BCUT2D eigenvalue weighted by molar-refractivity contribution is 0.00852. The van der Waals surface area contributed by atoms with E-state index in [-0.39, 0.29) is 11.8 Å². The second-order valence-electron chi connectivity index (χ2n) is 7.59. The Balaban J connectivity index is 1.16. The zero-order valence-electron chi connectivity index (χ0n) is 16.2. The Morgan fingerprint density at radius 2 is 1.80 bits per heavy atom. The minimum Gasteiger partial charge on any atom is -0.335 e. The Labute approximate surface area is 182 Å². The fourth-order valence-corrected chi connectivity index (χ4v) is 4.79. The average Bonchev–Trinajstić information content (AvgIpc) is 3.27.